The molecule has 0 amide bonds. The van der Waals surface area contributed by atoms with Crippen LogP contribution in [0.25, 0.3) is 0 Å². The molecule has 0 aromatic carbocycles. The van der Waals surface area contributed by atoms with E-state index in [0.717, 1.165) is 19.3 Å². The first kappa shape index (κ1) is 15.6. The molecule has 0 fully saturated rings. The van der Waals surface area contributed by atoms with Crippen molar-refractivity contribution in [1.29, 1.82) is 0 Å². The Morgan fingerprint density at radius 1 is 1.06 bits per heavy atom. The number of carbonyl (C=O) groups excluding carboxylic acids is 1. The van der Waals surface area contributed by atoms with Gasteiger partial charge in [-0.05, 0) is 39.5 Å². The Morgan fingerprint density at radius 2 is 1.62 bits per heavy atom. The third-order valence-corrected chi connectivity index (χ3v) is 2.67. The molecular weight excluding hydrogens is 204 g/mol. The molecule has 0 saturated carbocycles. The van der Waals surface area contributed by atoms with Crippen molar-refractivity contribution in [2.75, 3.05) is 13.2 Å². The minimum absolute atomic E-state index is 0.101. The molecule has 0 unspecified atom stereocenters. The number of ketones is 1. The van der Waals surface area contributed by atoms with E-state index in [1.165, 1.54) is 0 Å². The summed E-state index contributed by atoms with van der Waals surface area (Å²) in [6, 6.07) is 0. The van der Waals surface area contributed by atoms with Crippen molar-refractivity contribution in [3.63, 3.8) is 0 Å². The molecule has 0 aliphatic rings. The monoisotopic (exact) mass is 230 g/mol. The maximum absolute atomic E-state index is 11.0. The average molecular weight is 230 g/mol. The molecule has 0 aliphatic carbocycles. The van der Waals surface area contributed by atoms with Crippen LogP contribution in [0.3, 0.4) is 0 Å². The fourth-order valence-corrected chi connectivity index (χ4v) is 1.82. The zero-order valence-electron chi connectivity index (χ0n) is 11.1. The highest BCUT2D eigenvalue weighted by Gasteiger charge is 2.14. The summed E-state index contributed by atoms with van der Waals surface area (Å²) in [5, 5.41) is 0. The molecule has 3 nitrogen and oxygen atoms in total. The Kier molecular flexibility index (Phi) is 9.54. The largest absolute Gasteiger partial charge is 0.353 e. The van der Waals surface area contributed by atoms with Crippen LogP contribution in [0.2, 0.25) is 0 Å². The molecular formula is C13H26O3. The van der Waals surface area contributed by atoms with Crippen molar-refractivity contribution < 1.29 is 14.3 Å². The molecule has 96 valence electrons. The van der Waals surface area contributed by atoms with Gasteiger partial charge in [-0.1, -0.05) is 13.3 Å². The van der Waals surface area contributed by atoms with Gasteiger partial charge in [-0.25, -0.2) is 0 Å². The highest BCUT2D eigenvalue weighted by Crippen LogP contribution is 2.18. The normalized spacial score (nSPS) is 13.1. The maximum atomic E-state index is 11.0. The standard InChI is InChI=1S/C13H26O3/c1-5-12(10-11(4)14)8-9-13(15-6-2)16-7-3/h12-13H,5-10H2,1-4H3/t12-/m1/s1. The molecule has 16 heavy (non-hydrogen) atoms. The Balaban J connectivity index is 3.89. The fraction of sp³-hybridized carbons (Fsp3) is 0.923. The second-order valence-electron chi connectivity index (χ2n) is 4.10. The minimum Gasteiger partial charge on any atom is -0.353 e. The first-order valence-electron chi connectivity index (χ1n) is 6.36. The van der Waals surface area contributed by atoms with Gasteiger partial charge in [0, 0.05) is 19.6 Å². The Hall–Kier alpha value is -0.410. The Morgan fingerprint density at radius 3 is 2.00 bits per heavy atom. The van der Waals surface area contributed by atoms with Crippen molar-refractivity contribution in [1.82, 2.24) is 0 Å². The van der Waals surface area contributed by atoms with E-state index in [-0.39, 0.29) is 12.1 Å². The number of carbonyl (C=O) groups is 1. The smallest absolute Gasteiger partial charge is 0.157 e. The fourth-order valence-electron chi connectivity index (χ4n) is 1.82. The van der Waals surface area contributed by atoms with Crippen LogP contribution in [0.15, 0.2) is 0 Å². The summed E-state index contributed by atoms with van der Waals surface area (Å²) in [5.41, 5.74) is 0. The van der Waals surface area contributed by atoms with E-state index in [2.05, 4.69) is 6.92 Å². The molecule has 0 spiro atoms. The quantitative estimate of drug-likeness (QED) is 0.541. The number of Topliss-reactive ketones (excluding diaryl/α,β-unsaturated/α-hetero) is 1. The Bertz CT molecular complexity index is 174. The molecule has 0 aliphatic heterocycles. The predicted molar refractivity (Wildman–Crippen MR) is 65.4 cm³/mol. The van der Waals surface area contributed by atoms with Crippen molar-refractivity contribution in [3.05, 3.63) is 0 Å². The van der Waals surface area contributed by atoms with Gasteiger partial charge in [0.05, 0.1) is 0 Å². The van der Waals surface area contributed by atoms with Gasteiger partial charge in [-0.2, -0.15) is 0 Å². The first-order chi connectivity index (χ1) is 7.63. The summed E-state index contributed by atoms with van der Waals surface area (Å²) < 4.78 is 11.0. The topological polar surface area (TPSA) is 35.5 Å². The van der Waals surface area contributed by atoms with Gasteiger partial charge in [-0.3, -0.25) is 0 Å². The van der Waals surface area contributed by atoms with Crippen molar-refractivity contribution in [3.8, 4) is 0 Å². The second-order valence-corrected chi connectivity index (χ2v) is 4.10. The summed E-state index contributed by atoms with van der Waals surface area (Å²) in [5.74, 6) is 0.747. The molecule has 1 atom stereocenters. The number of hydrogen-bond acceptors (Lipinski definition) is 3. The summed E-state index contributed by atoms with van der Waals surface area (Å²) in [6.45, 7) is 9.08. The van der Waals surface area contributed by atoms with Crippen LogP contribution < -0.4 is 0 Å². The lowest BCUT2D eigenvalue weighted by Gasteiger charge is -2.19. The molecule has 0 aromatic rings. The summed E-state index contributed by atoms with van der Waals surface area (Å²) >= 11 is 0. The van der Waals surface area contributed by atoms with E-state index in [9.17, 15) is 4.79 Å². The van der Waals surface area contributed by atoms with Crippen LogP contribution in [0.1, 0.15) is 53.4 Å². The van der Waals surface area contributed by atoms with E-state index < -0.39 is 0 Å². The first-order valence-corrected chi connectivity index (χ1v) is 6.36. The van der Waals surface area contributed by atoms with Crippen LogP contribution in [0, 0.1) is 5.92 Å². The van der Waals surface area contributed by atoms with Crippen LogP contribution in [0.5, 0.6) is 0 Å². The van der Waals surface area contributed by atoms with Gasteiger partial charge < -0.3 is 14.3 Å². The lowest BCUT2D eigenvalue weighted by molar-refractivity contribution is -0.142. The average Bonchev–Trinajstić information content (AvgIpc) is 2.24. The van der Waals surface area contributed by atoms with Gasteiger partial charge in [0.25, 0.3) is 0 Å². The minimum atomic E-state index is -0.101. The highest BCUT2D eigenvalue weighted by atomic mass is 16.7. The number of rotatable bonds is 10. The molecule has 0 N–H and O–H groups in total. The van der Waals surface area contributed by atoms with Crippen molar-refractivity contribution in [2.24, 2.45) is 5.92 Å². The van der Waals surface area contributed by atoms with Gasteiger partial charge in [-0.15, -0.1) is 0 Å². The van der Waals surface area contributed by atoms with Crippen LogP contribution >= 0.6 is 0 Å². The Labute approximate surface area is 99.5 Å². The second kappa shape index (κ2) is 9.79. The molecule has 0 bridgehead atoms. The van der Waals surface area contributed by atoms with Crippen LogP contribution in [-0.4, -0.2) is 25.3 Å². The van der Waals surface area contributed by atoms with E-state index in [1.807, 2.05) is 13.8 Å². The van der Waals surface area contributed by atoms with Gasteiger partial charge in [0.2, 0.25) is 0 Å². The van der Waals surface area contributed by atoms with Gasteiger partial charge in [0.1, 0.15) is 5.78 Å². The summed E-state index contributed by atoms with van der Waals surface area (Å²) in [6.07, 6.45) is 3.51. The van der Waals surface area contributed by atoms with Crippen LogP contribution in [-0.2, 0) is 14.3 Å². The van der Waals surface area contributed by atoms with Crippen LogP contribution in [0.4, 0.5) is 0 Å². The van der Waals surface area contributed by atoms with E-state index in [1.54, 1.807) is 6.92 Å². The summed E-state index contributed by atoms with van der Waals surface area (Å²) in [7, 11) is 0. The van der Waals surface area contributed by atoms with E-state index in [4.69, 9.17) is 9.47 Å². The third kappa shape index (κ3) is 7.83. The van der Waals surface area contributed by atoms with E-state index in [0.29, 0.717) is 25.6 Å². The third-order valence-electron chi connectivity index (χ3n) is 2.67. The zero-order valence-corrected chi connectivity index (χ0v) is 11.1. The predicted octanol–water partition coefficient (Wildman–Crippen LogP) is 3.17. The van der Waals surface area contributed by atoms with Gasteiger partial charge in [0.15, 0.2) is 6.29 Å². The zero-order chi connectivity index (χ0) is 12.4. The highest BCUT2D eigenvalue weighted by molar-refractivity contribution is 5.75. The molecule has 0 saturated heterocycles. The molecule has 0 radical (unpaired) electrons. The molecule has 0 rings (SSSR count). The maximum Gasteiger partial charge on any atom is 0.157 e. The number of hydrogen-bond donors (Lipinski definition) is 0. The SMILES string of the molecule is CCOC(CC[C@@H](CC)CC(C)=O)OCC. The van der Waals surface area contributed by atoms with Crippen molar-refractivity contribution >= 4 is 5.78 Å². The van der Waals surface area contributed by atoms with Gasteiger partial charge >= 0.3 is 0 Å². The number of ether oxygens (including phenoxy) is 2. The summed E-state index contributed by atoms with van der Waals surface area (Å²) in [4.78, 5) is 11.0. The molecule has 0 aromatic heterocycles. The van der Waals surface area contributed by atoms with E-state index >= 15 is 0 Å². The lowest BCUT2D eigenvalue weighted by Crippen LogP contribution is -2.19. The lowest BCUT2D eigenvalue weighted by atomic mass is 9.95. The van der Waals surface area contributed by atoms with Crippen molar-refractivity contribution in [2.45, 2.75) is 59.7 Å². The molecule has 3 heteroatoms. The molecule has 0 heterocycles.